The largest absolute Gasteiger partial charge is 0.465 e. The summed E-state index contributed by atoms with van der Waals surface area (Å²) in [5.41, 5.74) is 0. The molecule has 0 bridgehead atoms. The number of halogens is 1. The molecule has 0 aliphatic rings. The Labute approximate surface area is 204 Å². The second-order valence-electron chi connectivity index (χ2n) is 9.49. The third kappa shape index (κ3) is 22.9. The fraction of sp³-hybridized carbons (Fsp3) is 0.964. The Morgan fingerprint density at radius 2 is 0.968 bits per heavy atom. The quantitative estimate of drug-likeness (QED) is 0.0704. The van der Waals surface area contributed by atoms with E-state index in [0.717, 1.165) is 24.6 Å². The molecule has 0 heterocycles. The van der Waals surface area contributed by atoms with E-state index < -0.39 is 0 Å². The van der Waals surface area contributed by atoms with Crippen LogP contribution in [0.15, 0.2) is 0 Å². The summed E-state index contributed by atoms with van der Waals surface area (Å²) in [6.07, 6.45) is 27.9. The fourth-order valence-corrected chi connectivity index (χ4v) is 4.67. The van der Waals surface area contributed by atoms with Crippen molar-refractivity contribution in [3.05, 3.63) is 0 Å². The van der Waals surface area contributed by atoms with Crippen LogP contribution in [0.3, 0.4) is 0 Å². The monoisotopic (exact) mass is 502 g/mol. The summed E-state index contributed by atoms with van der Waals surface area (Å²) in [6.45, 7) is 5.16. The van der Waals surface area contributed by atoms with E-state index in [1.54, 1.807) is 0 Å². The topological polar surface area (TPSA) is 26.3 Å². The van der Waals surface area contributed by atoms with Crippen LogP contribution < -0.4 is 0 Å². The minimum atomic E-state index is 0.0892. The van der Waals surface area contributed by atoms with Crippen molar-refractivity contribution in [2.45, 2.75) is 155 Å². The van der Waals surface area contributed by atoms with Crippen molar-refractivity contribution in [3.8, 4) is 0 Å². The molecule has 0 saturated heterocycles. The van der Waals surface area contributed by atoms with Crippen molar-refractivity contribution in [2.24, 2.45) is 5.92 Å². The van der Waals surface area contributed by atoms with E-state index in [2.05, 4.69) is 29.8 Å². The number of hydrogen-bond donors (Lipinski definition) is 0. The molecule has 0 unspecified atom stereocenters. The highest BCUT2D eigenvalue weighted by molar-refractivity contribution is 9.09. The van der Waals surface area contributed by atoms with Crippen molar-refractivity contribution in [2.75, 3.05) is 11.9 Å². The number of carbonyl (C=O) groups excluding carboxylic acids is 1. The van der Waals surface area contributed by atoms with E-state index in [1.165, 1.54) is 122 Å². The molecule has 0 N–H and O–H groups in total. The number of carbonyl (C=O) groups is 1. The van der Waals surface area contributed by atoms with E-state index in [4.69, 9.17) is 4.74 Å². The van der Waals surface area contributed by atoms with Crippen molar-refractivity contribution in [1.82, 2.24) is 0 Å². The summed E-state index contributed by atoms with van der Waals surface area (Å²) >= 11 is 3.48. The Balaban J connectivity index is 4.03. The highest BCUT2D eigenvalue weighted by atomic mass is 79.9. The molecule has 0 aromatic heterocycles. The van der Waals surface area contributed by atoms with Gasteiger partial charge in [-0.1, -0.05) is 145 Å². The lowest BCUT2D eigenvalue weighted by Gasteiger charge is -2.16. The zero-order valence-corrected chi connectivity index (χ0v) is 22.8. The van der Waals surface area contributed by atoms with Gasteiger partial charge in [0, 0.05) is 5.33 Å². The van der Waals surface area contributed by atoms with Crippen LogP contribution in [0.5, 0.6) is 0 Å². The summed E-state index contributed by atoms with van der Waals surface area (Å²) in [5, 5.41) is 1.08. The number of alkyl halides is 1. The maximum atomic E-state index is 12.7. The zero-order chi connectivity index (χ0) is 22.8. The number of hydrogen-bond acceptors (Lipinski definition) is 2. The number of unbranched alkanes of at least 4 members (excludes halogenated alkanes) is 17. The van der Waals surface area contributed by atoms with Crippen LogP contribution in [-0.4, -0.2) is 17.9 Å². The van der Waals surface area contributed by atoms with Crippen LogP contribution in [0, 0.1) is 5.92 Å². The molecule has 0 fully saturated rings. The van der Waals surface area contributed by atoms with Gasteiger partial charge in [0.15, 0.2) is 0 Å². The van der Waals surface area contributed by atoms with Crippen LogP contribution in [0.25, 0.3) is 0 Å². The van der Waals surface area contributed by atoms with Gasteiger partial charge in [0.2, 0.25) is 0 Å². The second-order valence-corrected chi connectivity index (χ2v) is 10.3. The molecule has 0 saturated carbocycles. The number of ether oxygens (including phenoxy) is 1. The zero-order valence-electron chi connectivity index (χ0n) is 21.2. The summed E-state index contributed by atoms with van der Waals surface area (Å²) in [5.74, 6) is 0.231. The van der Waals surface area contributed by atoms with Gasteiger partial charge in [-0.15, -0.1) is 0 Å². The molecule has 0 amide bonds. The lowest BCUT2D eigenvalue weighted by molar-refractivity contribution is -0.149. The molecular weight excluding hydrogens is 448 g/mol. The molecule has 0 atom stereocenters. The van der Waals surface area contributed by atoms with Gasteiger partial charge in [-0.05, 0) is 25.7 Å². The third-order valence-corrected chi connectivity index (χ3v) is 6.98. The van der Waals surface area contributed by atoms with Crippen LogP contribution in [0.1, 0.15) is 155 Å². The van der Waals surface area contributed by atoms with Gasteiger partial charge in [0.1, 0.15) is 0 Å². The highest BCUT2D eigenvalue weighted by Crippen LogP contribution is 2.21. The number of esters is 1. The van der Waals surface area contributed by atoms with E-state index in [-0.39, 0.29) is 11.9 Å². The molecule has 0 aliphatic carbocycles. The Morgan fingerprint density at radius 3 is 1.42 bits per heavy atom. The standard InChI is InChI=1S/C28H55BrO2/c1-3-5-7-9-11-13-15-19-23-27(24-20-16-14-12-10-8-6-4-2)28(30)31-26-22-18-17-21-25-29/h27H,3-26H2,1-2H3. The lowest BCUT2D eigenvalue weighted by Crippen LogP contribution is -2.18. The molecule has 0 spiro atoms. The second kappa shape index (κ2) is 26.2. The van der Waals surface area contributed by atoms with Crippen molar-refractivity contribution >= 4 is 21.9 Å². The smallest absolute Gasteiger partial charge is 0.308 e. The maximum Gasteiger partial charge on any atom is 0.308 e. The van der Waals surface area contributed by atoms with Crippen molar-refractivity contribution in [3.63, 3.8) is 0 Å². The van der Waals surface area contributed by atoms with E-state index in [0.29, 0.717) is 6.61 Å². The molecular formula is C28H55BrO2. The Kier molecular flexibility index (Phi) is 26.2. The molecule has 0 aliphatic heterocycles. The first-order valence-electron chi connectivity index (χ1n) is 14.0. The molecule has 2 nitrogen and oxygen atoms in total. The molecule has 31 heavy (non-hydrogen) atoms. The van der Waals surface area contributed by atoms with Crippen LogP contribution in [0.4, 0.5) is 0 Å². The van der Waals surface area contributed by atoms with Gasteiger partial charge in [0.05, 0.1) is 12.5 Å². The molecule has 186 valence electrons. The fourth-order valence-electron chi connectivity index (χ4n) is 4.27. The van der Waals surface area contributed by atoms with Gasteiger partial charge in [0.25, 0.3) is 0 Å². The van der Waals surface area contributed by atoms with Crippen LogP contribution >= 0.6 is 15.9 Å². The Bertz CT molecular complexity index is 339. The summed E-state index contributed by atoms with van der Waals surface area (Å²) in [6, 6.07) is 0. The first-order chi connectivity index (χ1) is 15.3. The first kappa shape index (κ1) is 30.9. The van der Waals surface area contributed by atoms with Crippen molar-refractivity contribution in [1.29, 1.82) is 0 Å². The Morgan fingerprint density at radius 1 is 0.581 bits per heavy atom. The minimum absolute atomic E-state index is 0.0892. The summed E-state index contributed by atoms with van der Waals surface area (Å²) < 4.78 is 5.68. The minimum Gasteiger partial charge on any atom is -0.465 e. The van der Waals surface area contributed by atoms with Crippen LogP contribution in [0.2, 0.25) is 0 Å². The van der Waals surface area contributed by atoms with Crippen LogP contribution in [-0.2, 0) is 9.53 Å². The van der Waals surface area contributed by atoms with Crippen molar-refractivity contribution < 1.29 is 9.53 Å². The molecule has 3 heteroatoms. The van der Waals surface area contributed by atoms with E-state index in [9.17, 15) is 4.79 Å². The van der Waals surface area contributed by atoms with E-state index in [1.807, 2.05) is 0 Å². The summed E-state index contributed by atoms with van der Waals surface area (Å²) in [4.78, 5) is 12.7. The predicted octanol–water partition coefficient (Wildman–Crippen LogP) is 10.2. The average Bonchev–Trinajstić information content (AvgIpc) is 2.78. The van der Waals surface area contributed by atoms with E-state index >= 15 is 0 Å². The number of rotatable bonds is 25. The van der Waals surface area contributed by atoms with Gasteiger partial charge >= 0.3 is 5.97 Å². The average molecular weight is 504 g/mol. The molecule has 0 rings (SSSR count). The lowest BCUT2D eigenvalue weighted by atomic mass is 9.94. The molecule has 0 aromatic rings. The molecule has 0 radical (unpaired) electrons. The predicted molar refractivity (Wildman–Crippen MR) is 141 cm³/mol. The summed E-state index contributed by atoms with van der Waals surface area (Å²) in [7, 11) is 0. The first-order valence-corrected chi connectivity index (χ1v) is 15.1. The normalized spacial score (nSPS) is 11.4. The third-order valence-electron chi connectivity index (χ3n) is 6.42. The SMILES string of the molecule is CCCCCCCCCCC(CCCCCCCCCC)C(=O)OCCCCCCBr. The molecule has 0 aromatic carbocycles. The van der Waals surface area contributed by atoms with Gasteiger partial charge in [-0.3, -0.25) is 4.79 Å². The van der Waals surface area contributed by atoms with Gasteiger partial charge in [-0.2, -0.15) is 0 Å². The van der Waals surface area contributed by atoms with Gasteiger partial charge < -0.3 is 4.74 Å². The highest BCUT2D eigenvalue weighted by Gasteiger charge is 2.19. The maximum absolute atomic E-state index is 12.7. The van der Waals surface area contributed by atoms with Gasteiger partial charge in [-0.25, -0.2) is 0 Å². The Hall–Kier alpha value is -0.0500.